The second-order valence-corrected chi connectivity index (χ2v) is 6.23. The van der Waals surface area contributed by atoms with Gasteiger partial charge in [0.15, 0.2) is 0 Å². The Morgan fingerprint density at radius 2 is 1.74 bits per heavy atom. The van der Waals surface area contributed by atoms with Gasteiger partial charge >= 0.3 is 0 Å². The highest BCUT2D eigenvalue weighted by molar-refractivity contribution is 9.10. The average Bonchev–Trinajstić information content (AvgIpc) is 2.36. The van der Waals surface area contributed by atoms with Gasteiger partial charge in [0.2, 0.25) is 0 Å². The lowest BCUT2D eigenvalue weighted by Crippen LogP contribution is -2.02. The average molecular weight is 387 g/mol. The standard InChI is InChI=1S/C15H14Br2FN/c1-9-5-11(3-4-12(9)16)8-19-15-7-13(17)14(18)6-10(15)2/h3-7,19H,8H2,1-2H3. The van der Waals surface area contributed by atoms with Crippen LogP contribution in [0.2, 0.25) is 0 Å². The van der Waals surface area contributed by atoms with Crippen molar-refractivity contribution >= 4 is 37.5 Å². The topological polar surface area (TPSA) is 12.0 Å². The first-order valence-electron chi connectivity index (χ1n) is 5.92. The van der Waals surface area contributed by atoms with Gasteiger partial charge < -0.3 is 5.32 Å². The van der Waals surface area contributed by atoms with E-state index in [4.69, 9.17) is 0 Å². The van der Waals surface area contributed by atoms with Crippen molar-refractivity contribution in [3.05, 3.63) is 61.8 Å². The van der Waals surface area contributed by atoms with Crippen molar-refractivity contribution in [2.24, 2.45) is 0 Å². The van der Waals surface area contributed by atoms with Crippen LogP contribution in [-0.4, -0.2) is 0 Å². The van der Waals surface area contributed by atoms with Crippen LogP contribution < -0.4 is 5.32 Å². The number of aryl methyl sites for hydroxylation is 2. The molecule has 0 heterocycles. The Morgan fingerprint density at radius 1 is 1.00 bits per heavy atom. The number of hydrogen-bond donors (Lipinski definition) is 1. The van der Waals surface area contributed by atoms with E-state index in [2.05, 4.69) is 56.2 Å². The molecule has 1 nitrogen and oxygen atoms in total. The van der Waals surface area contributed by atoms with Gasteiger partial charge in [-0.3, -0.25) is 0 Å². The summed E-state index contributed by atoms with van der Waals surface area (Å²) in [7, 11) is 0. The normalized spacial score (nSPS) is 10.6. The summed E-state index contributed by atoms with van der Waals surface area (Å²) >= 11 is 6.69. The molecule has 0 aliphatic carbocycles. The molecule has 0 saturated heterocycles. The van der Waals surface area contributed by atoms with E-state index in [0.29, 0.717) is 11.0 Å². The van der Waals surface area contributed by atoms with Crippen molar-refractivity contribution in [1.29, 1.82) is 0 Å². The molecule has 19 heavy (non-hydrogen) atoms. The van der Waals surface area contributed by atoms with Gasteiger partial charge in [0, 0.05) is 16.7 Å². The molecule has 4 heteroatoms. The lowest BCUT2D eigenvalue weighted by atomic mass is 10.1. The van der Waals surface area contributed by atoms with Crippen LogP contribution >= 0.6 is 31.9 Å². The van der Waals surface area contributed by atoms with Gasteiger partial charge in [-0.1, -0.05) is 28.1 Å². The van der Waals surface area contributed by atoms with Gasteiger partial charge in [-0.05, 0) is 64.7 Å². The van der Waals surface area contributed by atoms with E-state index in [0.717, 1.165) is 15.7 Å². The van der Waals surface area contributed by atoms with Crippen molar-refractivity contribution in [2.45, 2.75) is 20.4 Å². The summed E-state index contributed by atoms with van der Waals surface area (Å²) in [5, 5.41) is 3.33. The third-order valence-corrected chi connectivity index (χ3v) is 4.47. The minimum atomic E-state index is -0.234. The van der Waals surface area contributed by atoms with Gasteiger partial charge in [0.25, 0.3) is 0 Å². The first-order valence-corrected chi connectivity index (χ1v) is 7.50. The van der Waals surface area contributed by atoms with Crippen LogP contribution in [0.3, 0.4) is 0 Å². The predicted molar refractivity (Wildman–Crippen MR) is 85.0 cm³/mol. The fourth-order valence-corrected chi connectivity index (χ4v) is 2.44. The van der Waals surface area contributed by atoms with E-state index >= 15 is 0 Å². The molecular formula is C15H14Br2FN. The Hall–Kier alpha value is -0.870. The molecule has 2 rings (SSSR count). The monoisotopic (exact) mass is 385 g/mol. The number of hydrogen-bond acceptors (Lipinski definition) is 1. The van der Waals surface area contributed by atoms with E-state index in [9.17, 15) is 4.39 Å². The van der Waals surface area contributed by atoms with Crippen molar-refractivity contribution in [2.75, 3.05) is 5.32 Å². The maximum absolute atomic E-state index is 13.3. The van der Waals surface area contributed by atoms with E-state index in [1.54, 1.807) is 6.07 Å². The highest BCUT2D eigenvalue weighted by atomic mass is 79.9. The van der Waals surface area contributed by atoms with Crippen LogP contribution in [0.15, 0.2) is 39.3 Å². The minimum Gasteiger partial charge on any atom is -0.381 e. The molecule has 100 valence electrons. The largest absolute Gasteiger partial charge is 0.381 e. The first kappa shape index (κ1) is 14.5. The first-order chi connectivity index (χ1) is 8.97. The molecule has 2 aromatic rings. The summed E-state index contributed by atoms with van der Waals surface area (Å²) in [6.45, 7) is 4.67. The van der Waals surface area contributed by atoms with Crippen LogP contribution in [-0.2, 0) is 6.54 Å². The molecule has 0 radical (unpaired) electrons. The number of rotatable bonds is 3. The number of halogens is 3. The van der Waals surface area contributed by atoms with Crippen molar-refractivity contribution in [3.63, 3.8) is 0 Å². The highest BCUT2D eigenvalue weighted by Crippen LogP contribution is 2.25. The number of benzene rings is 2. The smallest absolute Gasteiger partial charge is 0.137 e. The zero-order valence-electron chi connectivity index (χ0n) is 10.7. The predicted octanol–water partition coefficient (Wildman–Crippen LogP) is 5.58. The van der Waals surface area contributed by atoms with Crippen LogP contribution in [0.4, 0.5) is 10.1 Å². The Bertz CT molecular complexity index is 611. The molecule has 1 N–H and O–H groups in total. The minimum absolute atomic E-state index is 0.234. The quantitative estimate of drug-likeness (QED) is 0.725. The highest BCUT2D eigenvalue weighted by Gasteiger charge is 2.05. The molecule has 0 fully saturated rings. The molecule has 0 amide bonds. The zero-order chi connectivity index (χ0) is 14.0. The zero-order valence-corrected chi connectivity index (χ0v) is 13.9. The van der Waals surface area contributed by atoms with Crippen molar-refractivity contribution in [1.82, 2.24) is 0 Å². The van der Waals surface area contributed by atoms with Crippen LogP contribution in [0.5, 0.6) is 0 Å². The molecule has 0 aliphatic heterocycles. The van der Waals surface area contributed by atoms with Gasteiger partial charge in [0.1, 0.15) is 5.82 Å². The fraction of sp³-hybridized carbons (Fsp3) is 0.200. The SMILES string of the molecule is Cc1cc(CNc2cc(Br)c(F)cc2C)ccc1Br. The Labute approximate surface area is 129 Å². The molecule has 0 bridgehead atoms. The third-order valence-electron chi connectivity index (χ3n) is 2.97. The second-order valence-electron chi connectivity index (χ2n) is 4.52. The summed E-state index contributed by atoms with van der Waals surface area (Å²) in [4.78, 5) is 0. The molecule has 2 aromatic carbocycles. The van der Waals surface area contributed by atoms with E-state index in [1.807, 2.05) is 13.0 Å². The fourth-order valence-electron chi connectivity index (χ4n) is 1.85. The molecule has 0 spiro atoms. The lowest BCUT2D eigenvalue weighted by Gasteiger charge is -2.11. The second kappa shape index (κ2) is 6.06. The summed E-state index contributed by atoms with van der Waals surface area (Å²) in [6, 6.07) is 9.54. The van der Waals surface area contributed by atoms with Crippen LogP contribution in [0.1, 0.15) is 16.7 Å². The van der Waals surface area contributed by atoms with Gasteiger partial charge in [-0.15, -0.1) is 0 Å². The summed E-state index contributed by atoms with van der Waals surface area (Å²) < 4.78 is 14.9. The van der Waals surface area contributed by atoms with E-state index in [1.165, 1.54) is 17.2 Å². The van der Waals surface area contributed by atoms with Gasteiger partial charge in [0.05, 0.1) is 4.47 Å². The van der Waals surface area contributed by atoms with E-state index in [-0.39, 0.29) is 5.82 Å². The number of nitrogens with one attached hydrogen (secondary N) is 1. The summed E-state index contributed by atoms with van der Waals surface area (Å²) in [5.41, 5.74) is 4.24. The third kappa shape index (κ3) is 3.57. The molecule has 0 unspecified atom stereocenters. The molecule has 0 atom stereocenters. The van der Waals surface area contributed by atoms with Crippen molar-refractivity contribution < 1.29 is 4.39 Å². The Balaban J connectivity index is 2.14. The molecule has 0 aliphatic rings. The lowest BCUT2D eigenvalue weighted by molar-refractivity contribution is 0.620. The van der Waals surface area contributed by atoms with Gasteiger partial charge in [-0.25, -0.2) is 4.39 Å². The summed E-state index contributed by atoms with van der Waals surface area (Å²) in [5.74, 6) is -0.234. The summed E-state index contributed by atoms with van der Waals surface area (Å²) in [6.07, 6.45) is 0. The van der Waals surface area contributed by atoms with Gasteiger partial charge in [-0.2, -0.15) is 0 Å². The molecule has 0 aromatic heterocycles. The Morgan fingerprint density at radius 3 is 2.42 bits per heavy atom. The van der Waals surface area contributed by atoms with Crippen LogP contribution in [0.25, 0.3) is 0 Å². The maximum atomic E-state index is 13.3. The van der Waals surface area contributed by atoms with Crippen molar-refractivity contribution in [3.8, 4) is 0 Å². The van der Waals surface area contributed by atoms with Crippen LogP contribution in [0, 0.1) is 19.7 Å². The molecule has 0 saturated carbocycles. The maximum Gasteiger partial charge on any atom is 0.137 e. The molecular weight excluding hydrogens is 373 g/mol. The Kier molecular flexibility index (Phi) is 4.63. The van der Waals surface area contributed by atoms with E-state index < -0.39 is 0 Å². The number of anilines is 1.